The largest absolute Gasteiger partial charge is 0.310 e. The van der Waals surface area contributed by atoms with Crippen molar-refractivity contribution in [1.29, 1.82) is 0 Å². The Balaban J connectivity index is 1.39. The summed E-state index contributed by atoms with van der Waals surface area (Å²) >= 11 is 0. The summed E-state index contributed by atoms with van der Waals surface area (Å²) < 4.78 is 0. The van der Waals surface area contributed by atoms with Crippen LogP contribution in [0.5, 0.6) is 0 Å². The van der Waals surface area contributed by atoms with E-state index in [0.717, 1.165) is 56.4 Å². The van der Waals surface area contributed by atoms with Crippen molar-refractivity contribution in [3.05, 3.63) is 207 Å². The van der Waals surface area contributed by atoms with Crippen LogP contribution in [-0.2, 0) is 0 Å². The van der Waals surface area contributed by atoms with Crippen LogP contribution in [0.2, 0.25) is 0 Å². The maximum atomic E-state index is 4.59. The molecule has 0 aliphatic rings. The summed E-state index contributed by atoms with van der Waals surface area (Å²) in [7, 11) is 0. The minimum Gasteiger partial charge on any atom is -0.310 e. The quantitative estimate of drug-likeness (QED) is 0.149. The van der Waals surface area contributed by atoms with Gasteiger partial charge in [-0.25, -0.2) is 0 Å². The van der Waals surface area contributed by atoms with E-state index in [0.29, 0.717) is 0 Å². The molecule has 4 nitrogen and oxygen atoms in total. The Morgan fingerprint density at radius 2 is 0.648 bits per heavy atom. The minimum atomic E-state index is 1.07. The van der Waals surface area contributed by atoms with Crippen LogP contribution < -0.4 is 9.80 Å². The van der Waals surface area contributed by atoms with Crippen LogP contribution in [-0.4, -0.2) is 9.97 Å². The molecule has 0 aliphatic heterocycles. The Bertz CT molecular complexity index is 2570. The first-order chi connectivity index (χ1) is 26.8. The molecule has 0 N–H and O–H groups in total. The predicted octanol–water partition coefficient (Wildman–Crippen LogP) is 13.6. The molecule has 2 heterocycles. The summed E-state index contributed by atoms with van der Waals surface area (Å²) in [5.74, 6) is 0. The zero-order chi connectivity index (χ0) is 35.8. The number of hydrogen-bond acceptors (Lipinski definition) is 4. The van der Waals surface area contributed by atoms with Crippen molar-refractivity contribution in [3.63, 3.8) is 0 Å². The number of rotatable bonds is 8. The van der Waals surface area contributed by atoms with Crippen molar-refractivity contribution < 1.29 is 0 Å². The van der Waals surface area contributed by atoms with Crippen molar-refractivity contribution in [2.75, 3.05) is 9.80 Å². The van der Waals surface area contributed by atoms with Crippen molar-refractivity contribution >= 4 is 66.4 Å². The lowest BCUT2D eigenvalue weighted by Gasteiger charge is -2.31. The van der Waals surface area contributed by atoms with Crippen LogP contribution in [0.1, 0.15) is 0 Å². The van der Waals surface area contributed by atoms with E-state index in [9.17, 15) is 0 Å². The average Bonchev–Trinajstić information content (AvgIpc) is 3.25. The van der Waals surface area contributed by atoms with Gasteiger partial charge in [0.25, 0.3) is 0 Å². The van der Waals surface area contributed by atoms with E-state index >= 15 is 0 Å². The topological polar surface area (TPSA) is 32.3 Å². The minimum absolute atomic E-state index is 1.07. The second-order valence-corrected chi connectivity index (χ2v) is 13.5. The molecule has 0 saturated heterocycles. The van der Waals surface area contributed by atoms with Crippen molar-refractivity contribution in [3.8, 4) is 22.3 Å². The Hall–Kier alpha value is -7.30. The number of aromatic nitrogens is 2. The summed E-state index contributed by atoms with van der Waals surface area (Å²) in [6.45, 7) is 0. The van der Waals surface area contributed by atoms with Gasteiger partial charge in [0, 0.05) is 80.2 Å². The summed E-state index contributed by atoms with van der Waals surface area (Å²) in [6.07, 6.45) is 7.64. The molecule has 254 valence electrons. The third-order valence-corrected chi connectivity index (χ3v) is 10.3. The fourth-order valence-corrected chi connectivity index (χ4v) is 8.01. The maximum absolute atomic E-state index is 4.59. The first-order valence-corrected chi connectivity index (χ1v) is 18.2. The molecule has 0 radical (unpaired) electrons. The molecule has 8 aromatic carbocycles. The molecule has 0 saturated carbocycles. The van der Waals surface area contributed by atoms with E-state index in [-0.39, 0.29) is 0 Å². The Morgan fingerprint density at radius 1 is 0.315 bits per heavy atom. The summed E-state index contributed by atoms with van der Waals surface area (Å²) in [4.78, 5) is 14.0. The smallest absolute Gasteiger partial charge is 0.0546 e. The molecule has 10 rings (SSSR count). The van der Waals surface area contributed by atoms with E-state index in [4.69, 9.17) is 0 Å². The summed E-state index contributed by atoms with van der Waals surface area (Å²) in [6, 6.07) is 65.0. The molecular formula is C50H34N4. The Morgan fingerprint density at radius 3 is 0.963 bits per heavy atom. The van der Waals surface area contributed by atoms with Gasteiger partial charge in [-0.1, -0.05) is 109 Å². The SMILES string of the molecule is c1ccc(N(c2ccccc2)c2cc(-c3cccnc3)c3ccc4c(N(c5ccccc5)c5ccccc5)cc(-c5cccnc5)c5ccc2c3c54)cc1. The zero-order valence-electron chi connectivity index (χ0n) is 29.4. The molecule has 0 atom stereocenters. The van der Waals surface area contributed by atoms with Gasteiger partial charge >= 0.3 is 0 Å². The van der Waals surface area contributed by atoms with Gasteiger partial charge < -0.3 is 9.80 Å². The van der Waals surface area contributed by atoms with Gasteiger partial charge in [0.05, 0.1) is 11.4 Å². The fraction of sp³-hybridized carbons (Fsp3) is 0. The van der Waals surface area contributed by atoms with Gasteiger partial charge in [0.15, 0.2) is 0 Å². The molecular weight excluding hydrogens is 657 g/mol. The molecule has 0 bridgehead atoms. The summed E-state index contributed by atoms with van der Waals surface area (Å²) in [5.41, 5.74) is 11.0. The highest BCUT2D eigenvalue weighted by Crippen LogP contribution is 2.51. The molecule has 4 heteroatoms. The van der Waals surface area contributed by atoms with Crippen molar-refractivity contribution in [2.45, 2.75) is 0 Å². The highest BCUT2D eigenvalue weighted by molar-refractivity contribution is 6.32. The third-order valence-electron chi connectivity index (χ3n) is 10.3. The second-order valence-electron chi connectivity index (χ2n) is 13.5. The first-order valence-electron chi connectivity index (χ1n) is 18.2. The van der Waals surface area contributed by atoms with E-state index in [1.807, 2.05) is 36.9 Å². The number of anilines is 6. The lowest BCUT2D eigenvalue weighted by molar-refractivity contribution is 1.29. The van der Waals surface area contributed by atoms with Gasteiger partial charge in [-0.2, -0.15) is 0 Å². The molecule has 54 heavy (non-hydrogen) atoms. The lowest BCUT2D eigenvalue weighted by atomic mass is 9.85. The third kappa shape index (κ3) is 5.32. The van der Waals surface area contributed by atoms with E-state index in [2.05, 4.69) is 190 Å². The molecule has 0 fully saturated rings. The zero-order valence-corrected chi connectivity index (χ0v) is 29.4. The molecule has 0 unspecified atom stereocenters. The molecule has 10 aromatic rings. The second kappa shape index (κ2) is 13.4. The molecule has 0 aliphatic carbocycles. The molecule has 0 amide bonds. The van der Waals surface area contributed by atoms with Gasteiger partial charge in [-0.3, -0.25) is 9.97 Å². The van der Waals surface area contributed by atoms with E-state index < -0.39 is 0 Å². The van der Waals surface area contributed by atoms with Crippen LogP contribution in [0, 0.1) is 0 Å². The highest BCUT2D eigenvalue weighted by Gasteiger charge is 2.25. The number of nitrogens with zero attached hydrogens (tertiary/aromatic N) is 4. The number of benzene rings is 8. The van der Waals surface area contributed by atoms with Gasteiger partial charge in [0.2, 0.25) is 0 Å². The fourth-order valence-electron chi connectivity index (χ4n) is 8.01. The van der Waals surface area contributed by atoms with Crippen LogP contribution in [0.4, 0.5) is 34.1 Å². The van der Waals surface area contributed by atoms with Crippen molar-refractivity contribution in [2.24, 2.45) is 0 Å². The van der Waals surface area contributed by atoms with Crippen molar-refractivity contribution in [1.82, 2.24) is 9.97 Å². The monoisotopic (exact) mass is 690 g/mol. The first kappa shape index (κ1) is 31.4. The number of pyridine rings is 2. The van der Waals surface area contributed by atoms with Gasteiger partial charge in [-0.05, 0) is 94.7 Å². The van der Waals surface area contributed by atoms with Gasteiger partial charge in [-0.15, -0.1) is 0 Å². The average molecular weight is 691 g/mol. The standard InChI is InChI=1S/C50H34N4/c1-5-17-37(18-6-1)53(38-19-7-2-8-20-38)47-31-45(35-15-13-29-51-33-35)41-26-28-44-48(54(39-21-9-3-10-22-39)40-23-11-4-12-24-40)32-46(36-16-14-30-52-34-36)42-25-27-43(47)49(41)50(42)44/h1-34H. The highest BCUT2D eigenvalue weighted by atomic mass is 15.1. The van der Waals surface area contributed by atoms with Crippen LogP contribution in [0.15, 0.2) is 207 Å². The van der Waals surface area contributed by atoms with Gasteiger partial charge in [0.1, 0.15) is 0 Å². The maximum Gasteiger partial charge on any atom is 0.0546 e. The normalized spacial score (nSPS) is 11.3. The predicted molar refractivity (Wildman–Crippen MR) is 226 cm³/mol. The van der Waals surface area contributed by atoms with Crippen LogP contribution in [0.25, 0.3) is 54.6 Å². The summed E-state index contributed by atoms with van der Waals surface area (Å²) in [5, 5.41) is 7.13. The molecule has 0 spiro atoms. The van der Waals surface area contributed by atoms with E-state index in [1.54, 1.807) is 0 Å². The number of hydrogen-bond donors (Lipinski definition) is 0. The van der Waals surface area contributed by atoms with Crippen LogP contribution >= 0.6 is 0 Å². The Kier molecular flexibility index (Phi) is 7.77. The lowest BCUT2D eigenvalue weighted by Crippen LogP contribution is -2.12. The van der Waals surface area contributed by atoms with E-state index in [1.165, 1.54) is 32.3 Å². The Labute approximate surface area is 314 Å². The molecule has 2 aromatic heterocycles. The number of para-hydroxylation sites is 4. The van der Waals surface area contributed by atoms with Crippen LogP contribution in [0.3, 0.4) is 0 Å².